The van der Waals surface area contributed by atoms with Crippen LogP contribution in [0.25, 0.3) is 11.3 Å². The van der Waals surface area contributed by atoms with E-state index in [0.717, 1.165) is 36.4 Å². The summed E-state index contributed by atoms with van der Waals surface area (Å²) in [6, 6.07) is 17.5. The maximum absolute atomic E-state index is 12.5. The predicted molar refractivity (Wildman–Crippen MR) is 113 cm³/mol. The lowest BCUT2D eigenvalue weighted by molar-refractivity contribution is 0.0858. The predicted octanol–water partition coefficient (Wildman–Crippen LogP) is 4.10. The summed E-state index contributed by atoms with van der Waals surface area (Å²) in [4.78, 5) is 21.1. The lowest BCUT2D eigenvalue weighted by Gasteiger charge is -2.12. The number of carbonyl (C=O) groups excluding carboxylic acids is 1. The van der Waals surface area contributed by atoms with Gasteiger partial charge in [-0.2, -0.15) is 0 Å². The van der Waals surface area contributed by atoms with Crippen LogP contribution in [0, 0.1) is 6.92 Å². The van der Waals surface area contributed by atoms with Gasteiger partial charge in [0, 0.05) is 36.0 Å². The molecule has 2 aromatic carbocycles. The molecule has 4 rings (SSSR count). The van der Waals surface area contributed by atoms with Crippen LogP contribution in [0.15, 0.2) is 60.9 Å². The van der Waals surface area contributed by atoms with Crippen LogP contribution >= 0.6 is 0 Å². The fourth-order valence-electron chi connectivity index (χ4n) is 3.39. The van der Waals surface area contributed by atoms with Crippen LogP contribution in [0.5, 0.6) is 0 Å². The first-order valence-corrected chi connectivity index (χ1v) is 9.83. The molecule has 0 bridgehead atoms. The van der Waals surface area contributed by atoms with Gasteiger partial charge in [-0.25, -0.2) is 9.97 Å². The summed E-state index contributed by atoms with van der Waals surface area (Å²) in [7, 11) is 0. The van der Waals surface area contributed by atoms with Crippen molar-refractivity contribution >= 4 is 17.4 Å². The van der Waals surface area contributed by atoms with Crippen LogP contribution in [-0.4, -0.2) is 35.1 Å². The quantitative estimate of drug-likeness (QED) is 0.665. The van der Waals surface area contributed by atoms with E-state index in [2.05, 4.69) is 39.7 Å². The molecule has 1 amide bonds. The van der Waals surface area contributed by atoms with Gasteiger partial charge in [0.1, 0.15) is 12.1 Å². The highest BCUT2D eigenvalue weighted by atomic mass is 16.5. The van der Waals surface area contributed by atoms with E-state index in [1.807, 2.05) is 36.4 Å². The lowest BCUT2D eigenvalue weighted by Crippen LogP contribution is -2.31. The third kappa shape index (κ3) is 4.97. The largest absolute Gasteiger partial charge is 0.376 e. The highest BCUT2D eigenvalue weighted by Gasteiger charge is 2.16. The summed E-state index contributed by atoms with van der Waals surface area (Å²) >= 11 is 0. The Morgan fingerprint density at radius 1 is 1.14 bits per heavy atom. The summed E-state index contributed by atoms with van der Waals surface area (Å²) in [5, 5.41) is 6.22. The van der Waals surface area contributed by atoms with Crippen molar-refractivity contribution in [2.24, 2.45) is 0 Å². The second-order valence-electron chi connectivity index (χ2n) is 7.21. The van der Waals surface area contributed by atoms with E-state index >= 15 is 0 Å². The normalized spacial score (nSPS) is 15.8. The fourth-order valence-corrected chi connectivity index (χ4v) is 3.39. The number of aromatic nitrogens is 2. The van der Waals surface area contributed by atoms with Crippen molar-refractivity contribution in [3.63, 3.8) is 0 Å². The lowest BCUT2D eigenvalue weighted by atomic mass is 10.1. The molecule has 3 aromatic rings. The SMILES string of the molecule is Cc1cccc(-c2cc(Nc3cccc(C(=O)NC[C@@H]4CCCO4)c3)ncn2)c1. The minimum Gasteiger partial charge on any atom is -0.376 e. The molecule has 1 aliphatic rings. The molecular formula is C23H24N4O2. The van der Waals surface area contributed by atoms with E-state index in [1.54, 1.807) is 6.07 Å². The van der Waals surface area contributed by atoms with Crippen molar-refractivity contribution in [3.8, 4) is 11.3 Å². The Labute approximate surface area is 170 Å². The van der Waals surface area contributed by atoms with Crippen LogP contribution in [-0.2, 0) is 4.74 Å². The Bertz CT molecular complexity index is 999. The molecule has 0 saturated carbocycles. The van der Waals surface area contributed by atoms with E-state index in [0.29, 0.717) is 17.9 Å². The highest BCUT2D eigenvalue weighted by molar-refractivity contribution is 5.95. The zero-order valence-corrected chi connectivity index (χ0v) is 16.4. The average Bonchev–Trinajstić information content (AvgIpc) is 3.26. The number of hydrogen-bond acceptors (Lipinski definition) is 5. The van der Waals surface area contributed by atoms with Crippen molar-refractivity contribution in [2.75, 3.05) is 18.5 Å². The zero-order valence-electron chi connectivity index (χ0n) is 16.4. The molecule has 0 spiro atoms. The molecule has 1 atom stereocenters. The smallest absolute Gasteiger partial charge is 0.251 e. The second-order valence-corrected chi connectivity index (χ2v) is 7.21. The maximum atomic E-state index is 12.5. The van der Waals surface area contributed by atoms with Gasteiger partial charge in [-0.05, 0) is 44.0 Å². The molecule has 2 N–H and O–H groups in total. The standard InChI is InChI=1S/C23H24N4O2/c1-16-5-2-6-17(11-16)21-13-22(26-15-25-21)27-19-8-3-7-18(12-19)23(28)24-14-20-9-4-10-29-20/h2-3,5-8,11-13,15,20H,4,9-10,14H2,1H3,(H,24,28)(H,25,26,27)/t20-/m0/s1. The molecular weight excluding hydrogens is 364 g/mol. The van der Waals surface area contributed by atoms with E-state index in [9.17, 15) is 4.79 Å². The minimum absolute atomic E-state index is 0.104. The summed E-state index contributed by atoms with van der Waals surface area (Å²) < 4.78 is 5.56. The van der Waals surface area contributed by atoms with Crippen molar-refractivity contribution in [1.29, 1.82) is 0 Å². The highest BCUT2D eigenvalue weighted by Crippen LogP contribution is 2.22. The Morgan fingerprint density at radius 2 is 2.03 bits per heavy atom. The number of aryl methyl sites for hydroxylation is 1. The van der Waals surface area contributed by atoms with Crippen LogP contribution in [0.4, 0.5) is 11.5 Å². The van der Waals surface area contributed by atoms with E-state index in [1.165, 1.54) is 11.9 Å². The van der Waals surface area contributed by atoms with Crippen molar-refractivity contribution < 1.29 is 9.53 Å². The Hall–Kier alpha value is -3.25. The zero-order chi connectivity index (χ0) is 20.1. The molecule has 0 radical (unpaired) electrons. The van der Waals surface area contributed by atoms with E-state index in [-0.39, 0.29) is 12.0 Å². The third-order valence-corrected chi connectivity index (χ3v) is 4.89. The fraction of sp³-hybridized carbons (Fsp3) is 0.261. The Morgan fingerprint density at radius 3 is 2.86 bits per heavy atom. The molecule has 1 fully saturated rings. The van der Waals surface area contributed by atoms with Crippen LogP contribution in [0.3, 0.4) is 0 Å². The molecule has 1 aliphatic heterocycles. The molecule has 1 aromatic heterocycles. The van der Waals surface area contributed by atoms with Gasteiger partial charge in [0.25, 0.3) is 5.91 Å². The van der Waals surface area contributed by atoms with Crippen molar-refractivity contribution in [1.82, 2.24) is 15.3 Å². The molecule has 2 heterocycles. The van der Waals surface area contributed by atoms with Crippen LogP contribution < -0.4 is 10.6 Å². The topological polar surface area (TPSA) is 76.1 Å². The number of rotatable bonds is 6. The second kappa shape index (κ2) is 8.84. The number of amides is 1. The molecule has 0 aliphatic carbocycles. The first-order chi connectivity index (χ1) is 14.2. The monoisotopic (exact) mass is 388 g/mol. The van der Waals surface area contributed by atoms with E-state index in [4.69, 9.17) is 4.74 Å². The summed E-state index contributed by atoms with van der Waals surface area (Å²) in [5.41, 5.74) is 4.45. The number of nitrogens with one attached hydrogen (secondary N) is 2. The molecule has 148 valence electrons. The number of anilines is 2. The van der Waals surface area contributed by atoms with Crippen molar-refractivity contribution in [2.45, 2.75) is 25.9 Å². The summed E-state index contributed by atoms with van der Waals surface area (Å²) in [6.07, 6.45) is 3.72. The van der Waals surface area contributed by atoms with Gasteiger partial charge in [-0.1, -0.05) is 29.8 Å². The molecule has 6 nitrogen and oxygen atoms in total. The summed E-state index contributed by atoms with van der Waals surface area (Å²) in [5.74, 6) is 0.570. The van der Waals surface area contributed by atoms with Gasteiger partial charge < -0.3 is 15.4 Å². The number of carbonyl (C=O) groups is 1. The maximum Gasteiger partial charge on any atom is 0.251 e. The number of benzene rings is 2. The number of nitrogens with zero attached hydrogens (tertiary/aromatic N) is 2. The van der Waals surface area contributed by atoms with Gasteiger partial charge >= 0.3 is 0 Å². The van der Waals surface area contributed by atoms with E-state index < -0.39 is 0 Å². The van der Waals surface area contributed by atoms with Gasteiger partial charge in [-0.15, -0.1) is 0 Å². The third-order valence-electron chi connectivity index (χ3n) is 4.89. The van der Waals surface area contributed by atoms with Crippen LogP contribution in [0.2, 0.25) is 0 Å². The molecule has 6 heteroatoms. The number of hydrogen-bond donors (Lipinski definition) is 2. The minimum atomic E-state index is -0.104. The summed E-state index contributed by atoms with van der Waals surface area (Å²) in [6.45, 7) is 3.38. The molecule has 29 heavy (non-hydrogen) atoms. The van der Waals surface area contributed by atoms with Crippen molar-refractivity contribution in [3.05, 3.63) is 72.1 Å². The van der Waals surface area contributed by atoms with Gasteiger partial charge in [-0.3, -0.25) is 4.79 Å². The van der Waals surface area contributed by atoms with Gasteiger partial charge in [0.15, 0.2) is 0 Å². The first-order valence-electron chi connectivity index (χ1n) is 9.83. The number of ether oxygens (including phenoxy) is 1. The Balaban J connectivity index is 1.45. The Kier molecular flexibility index (Phi) is 5.81. The van der Waals surface area contributed by atoms with Gasteiger partial charge in [0.05, 0.1) is 11.8 Å². The first kappa shape index (κ1) is 19.1. The van der Waals surface area contributed by atoms with Gasteiger partial charge in [0.2, 0.25) is 0 Å². The molecule has 0 unspecified atom stereocenters. The average molecular weight is 388 g/mol. The molecule has 1 saturated heterocycles. The van der Waals surface area contributed by atoms with Crippen LogP contribution in [0.1, 0.15) is 28.8 Å².